The van der Waals surface area contributed by atoms with Crippen molar-refractivity contribution >= 4 is 26.0 Å². The van der Waals surface area contributed by atoms with Crippen molar-refractivity contribution in [1.82, 2.24) is 4.72 Å². The van der Waals surface area contributed by atoms with Crippen molar-refractivity contribution in [2.45, 2.75) is 49.5 Å². The number of hydrogen-bond acceptors (Lipinski definition) is 4. The number of ether oxygens (including phenoxy) is 2. The van der Waals surface area contributed by atoms with Gasteiger partial charge in [0.15, 0.2) is 0 Å². The normalized spacial score (nSPS) is 17.0. The number of methoxy groups -OCH3 is 2. The fourth-order valence-electron chi connectivity index (χ4n) is 2.72. The number of hydrogen-bond donors (Lipinski definition) is 1. The van der Waals surface area contributed by atoms with Gasteiger partial charge in [-0.15, -0.1) is 0 Å². The van der Waals surface area contributed by atoms with Crippen LogP contribution in [0.3, 0.4) is 0 Å². The van der Waals surface area contributed by atoms with Crippen LogP contribution in [0.1, 0.15) is 38.5 Å². The predicted molar refractivity (Wildman–Crippen MR) is 89.1 cm³/mol. The van der Waals surface area contributed by atoms with Gasteiger partial charge in [0.1, 0.15) is 16.4 Å². The van der Waals surface area contributed by atoms with Crippen LogP contribution in [-0.2, 0) is 10.0 Å². The van der Waals surface area contributed by atoms with Crippen LogP contribution in [0.15, 0.2) is 21.5 Å². The van der Waals surface area contributed by atoms with Gasteiger partial charge in [-0.2, -0.15) is 0 Å². The summed E-state index contributed by atoms with van der Waals surface area (Å²) in [4.78, 5) is 0.110. The van der Waals surface area contributed by atoms with E-state index in [9.17, 15) is 8.42 Å². The first-order valence-corrected chi connectivity index (χ1v) is 9.69. The van der Waals surface area contributed by atoms with Gasteiger partial charge in [0.2, 0.25) is 10.0 Å². The molecule has 1 aromatic carbocycles. The summed E-state index contributed by atoms with van der Waals surface area (Å²) in [7, 11) is -0.685. The number of halogens is 1. The summed E-state index contributed by atoms with van der Waals surface area (Å²) in [6, 6.07) is 3.09. The van der Waals surface area contributed by atoms with E-state index in [4.69, 9.17) is 9.47 Å². The molecule has 1 aliphatic carbocycles. The predicted octanol–water partition coefficient (Wildman–Crippen LogP) is 3.47. The molecule has 0 spiro atoms. The molecule has 1 aliphatic rings. The minimum absolute atomic E-state index is 0.00755. The minimum Gasteiger partial charge on any atom is -0.496 e. The summed E-state index contributed by atoms with van der Waals surface area (Å²) in [5.74, 6) is 0.760. The Labute approximate surface area is 140 Å². The lowest BCUT2D eigenvalue weighted by Gasteiger charge is -2.18. The van der Waals surface area contributed by atoms with Crippen molar-refractivity contribution in [2.24, 2.45) is 0 Å². The molecule has 22 heavy (non-hydrogen) atoms. The maximum absolute atomic E-state index is 12.7. The fraction of sp³-hybridized carbons (Fsp3) is 0.600. The third-order valence-corrected chi connectivity index (χ3v) is 6.07. The molecule has 2 rings (SSSR count). The average molecular weight is 392 g/mol. The van der Waals surface area contributed by atoms with E-state index < -0.39 is 10.0 Å². The Morgan fingerprint density at radius 2 is 1.64 bits per heavy atom. The maximum Gasteiger partial charge on any atom is 0.244 e. The smallest absolute Gasteiger partial charge is 0.244 e. The molecule has 5 nitrogen and oxygen atoms in total. The molecule has 1 N–H and O–H groups in total. The van der Waals surface area contributed by atoms with Crippen LogP contribution >= 0.6 is 15.9 Å². The van der Waals surface area contributed by atoms with Gasteiger partial charge in [-0.3, -0.25) is 0 Å². The van der Waals surface area contributed by atoms with Gasteiger partial charge < -0.3 is 9.47 Å². The molecule has 0 saturated heterocycles. The second kappa shape index (κ2) is 7.66. The van der Waals surface area contributed by atoms with Gasteiger partial charge in [0, 0.05) is 12.1 Å². The van der Waals surface area contributed by atoms with E-state index in [1.54, 1.807) is 6.07 Å². The van der Waals surface area contributed by atoms with Gasteiger partial charge in [-0.1, -0.05) is 25.7 Å². The molecule has 0 aliphatic heterocycles. The molecule has 0 radical (unpaired) electrons. The van der Waals surface area contributed by atoms with Gasteiger partial charge >= 0.3 is 0 Å². The van der Waals surface area contributed by atoms with Crippen LogP contribution in [0.5, 0.6) is 11.5 Å². The van der Waals surface area contributed by atoms with Crippen LogP contribution in [0.25, 0.3) is 0 Å². The second-order valence-corrected chi connectivity index (χ2v) is 7.98. The van der Waals surface area contributed by atoms with Crippen LogP contribution in [0.4, 0.5) is 0 Å². The highest BCUT2D eigenvalue weighted by Crippen LogP contribution is 2.35. The van der Waals surface area contributed by atoms with Gasteiger partial charge in [-0.25, -0.2) is 13.1 Å². The zero-order valence-corrected chi connectivity index (χ0v) is 15.3. The summed E-state index contributed by atoms with van der Waals surface area (Å²) in [6.07, 6.45) is 6.24. The van der Waals surface area contributed by atoms with E-state index in [0.717, 1.165) is 25.7 Å². The highest BCUT2D eigenvalue weighted by atomic mass is 79.9. The lowest BCUT2D eigenvalue weighted by atomic mass is 10.1. The Balaban J connectivity index is 2.31. The molecule has 0 bridgehead atoms. The van der Waals surface area contributed by atoms with Crippen LogP contribution in [-0.4, -0.2) is 28.7 Å². The molecule has 0 aromatic heterocycles. The highest BCUT2D eigenvalue weighted by Gasteiger charge is 2.25. The van der Waals surface area contributed by atoms with Gasteiger partial charge in [-0.05, 0) is 34.8 Å². The van der Waals surface area contributed by atoms with E-state index in [-0.39, 0.29) is 10.9 Å². The summed E-state index contributed by atoms with van der Waals surface area (Å²) in [5.41, 5.74) is 0. The molecule has 0 amide bonds. The largest absolute Gasteiger partial charge is 0.496 e. The molecule has 0 atom stereocenters. The second-order valence-electron chi connectivity index (χ2n) is 5.45. The average Bonchev–Trinajstić information content (AvgIpc) is 2.74. The Kier molecular flexibility index (Phi) is 6.11. The van der Waals surface area contributed by atoms with E-state index in [0.29, 0.717) is 16.0 Å². The molecule has 0 heterocycles. The number of rotatable bonds is 5. The topological polar surface area (TPSA) is 64.6 Å². The van der Waals surface area contributed by atoms with Gasteiger partial charge in [0.25, 0.3) is 0 Å². The van der Waals surface area contributed by atoms with Crippen molar-refractivity contribution in [3.05, 3.63) is 16.6 Å². The lowest BCUT2D eigenvalue weighted by Crippen LogP contribution is -2.34. The first kappa shape index (κ1) is 17.6. The maximum atomic E-state index is 12.7. The van der Waals surface area contributed by atoms with E-state index in [1.165, 1.54) is 33.1 Å². The van der Waals surface area contributed by atoms with Gasteiger partial charge in [0.05, 0.1) is 18.7 Å². The Morgan fingerprint density at radius 1 is 1.05 bits per heavy atom. The number of nitrogens with one attached hydrogen (secondary N) is 1. The SMILES string of the molecule is COc1cc(S(=O)(=O)NC2CCCCCC2)c(OC)cc1Br. The monoisotopic (exact) mass is 391 g/mol. The first-order chi connectivity index (χ1) is 10.5. The van der Waals surface area contributed by atoms with E-state index in [2.05, 4.69) is 20.7 Å². The molecule has 1 saturated carbocycles. The minimum atomic E-state index is -3.64. The van der Waals surface area contributed by atoms with E-state index >= 15 is 0 Å². The van der Waals surface area contributed by atoms with Crippen LogP contribution < -0.4 is 14.2 Å². The summed E-state index contributed by atoms with van der Waals surface area (Å²) < 4.78 is 39.3. The molecular formula is C15H22BrNO4S. The van der Waals surface area contributed by atoms with E-state index in [1.807, 2.05) is 0 Å². The summed E-state index contributed by atoms with van der Waals surface area (Å²) in [5, 5.41) is 0. The Bertz CT molecular complexity index is 610. The van der Waals surface area contributed by atoms with Crippen molar-refractivity contribution < 1.29 is 17.9 Å². The fourth-order valence-corrected chi connectivity index (χ4v) is 4.68. The molecule has 7 heteroatoms. The number of sulfonamides is 1. The van der Waals surface area contributed by atoms with Crippen molar-refractivity contribution in [3.8, 4) is 11.5 Å². The zero-order valence-electron chi connectivity index (χ0n) is 12.9. The lowest BCUT2D eigenvalue weighted by molar-refractivity contribution is 0.389. The first-order valence-electron chi connectivity index (χ1n) is 7.42. The molecule has 124 valence electrons. The summed E-state index contributed by atoms with van der Waals surface area (Å²) in [6.45, 7) is 0. The van der Waals surface area contributed by atoms with Crippen molar-refractivity contribution in [3.63, 3.8) is 0 Å². The summed E-state index contributed by atoms with van der Waals surface area (Å²) >= 11 is 3.34. The third kappa shape index (κ3) is 4.14. The molecule has 1 fully saturated rings. The van der Waals surface area contributed by atoms with Crippen molar-refractivity contribution in [1.29, 1.82) is 0 Å². The quantitative estimate of drug-likeness (QED) is 0.780. The van der Waals surface area contributed by atoms with Crippen LogP contribution in [0.2, 0.25) is 0 Å². The van der Waals surface area contributed by atoms with Crippen LogP contribution in [0, 0.1) is 0 Å². The Morgan fingerprint density at radius 3 is 2.18 bits per heavy atom. The molecule has 0 unspecified atom stereocenters. The molecular weight excluding hydrogens is 370 g/mol. The third-order valence-electron chi connectivity index (χ3n) is 3.90. The molecule has 1 aromatic rings. The Hall–Kier alpha value is -0.790. The standard InChI is InChI=1S/C15H22BrNO4S/c1-20-13-10-15(14(21-2)9-12(13)16)22(18,19)17-11-7-5-3-4-6-8-11/h9-11,17H,3-8H2,1-2H3. The van der Waals surface area contributed by atoms with Crippen molar-refractivity contribution in [2.75, 3.05) is 14.2 Å². The highest BCUT2D eigenvalue weighted by molar-refractivity contribution is 9.10. The number of benzene rings is 1. The zero-order chi connectivity index (χ0) is 16.2.